The summed E-state index contributed by atoms with van der Waals surface area (Å²) in [6.07, 6.45) is 6.48. The zero-order chi connectivity index (χ0) is 20.5. The number of anilines is 1. The fraction of sp³-hybridized carbons (Fsp3) is 0.455. The molecule has 29 heavy (non-hydrogen) atoms. The number of rotatable bonds is 8. The van der Waals surface area contributed by atoms with E-state index in [1.165, 1.54) is 32.1 Å². The molecule has 0 saturated heterocycles. The number of amides is 3. The van der Waals surface area contributed by atoms with Gasteiger partial charge >= 0.3 is 6.03 Å². The van der Waals surface area contributed by atoms with Gasteiger partial charge < -0.3 is 10.6 Å². The summed E-state index contributed by atoms with van der Waals surface area (Å²) in [7, 11) is 2.18. The first-order valence-corrected chi connectivity index (χ1v) is 11.1. The number of thiophene rings is 1. The average molecular weight is 415 g/mol. The molecule has 1 aromatic carbocycles. The normalized spacial score (nSPS) is 14.6. The minimum atomic E-state index is -0.476. The quantitative estimate of drug-likeness (QED) is 0.611. The Morgan fingerprint density at radius 2 is 1.90 bits per heavy atom. The Kier molecular flexibility index (Phi) is 8.07. The summed E-state index contributed by atoms with van der Waals surface area (Å²) in [4.78, 5) is 27.5. The van der Waals surface area contributed by atoms with Crippen LogP contribution in [0.4, 0.5) is 10.5 Å². The van der Waals surface area contributed by atoms with E-state index in [9.17, 15) is 9.59 Å². The summed E-state index contributed by atoms with van der Waals surface area (Å²) in [6, 6.07) is 12.1. The largest absolute Gasteiger partial charge is 0.376 e. The summed E-state index contributed by atoms with van der Waals surface area (Å²) in [6.45, 7) is 1.31. The second kappa shape index (κ2) is 11.0. The van der Waals surface area contributed by atoms with Crippen LogP contribution in [0.3, 0.4) is 0 Å². The number of imide groups is 1. The van der Waals surface area contributed by atoms with Crippen LogP contribution in [0, 0.1) is 0 Å². The molecule has 1 aromatic heterocycles. The topological polar surface area (TPSA) is 73.5 Å². The molecule has 3 N–H and O–H groups in total. The molecule has 156 valence electrons. The zero-order valence-electron chi connectivity index (χ0n) is 16.9. The first-order valence-electron chi connectivity index (χ1n) is 10.2. The molecule has 0 radical (unpaired) electrons. The summed E-state index contributed by atoms with van der Waals surface area (Å²) in [5.41, 5.74) is 2.10. The van der Waals surface area contributed by atoms with Gasteiger partial charge in [-0.2, -0.15) is 0 Å². The Hall–Kier alpha value is -2.38. The monoisotopic (exact) mass is 414 g/mol. The molecule has 1 fully saturated rings. The Bertz CT molecular complexity index is 788. The summed E-state index contributed by atoms with van der Waals surface area (Å²) < 4.78 is 0. The summed E-state index contributed by atoms with van der Waals surface area (Å²) >= 11 is 1.56. The standard InChI is InChI=1S/C22H30N4O2S/c1-26(18-9-3-2-4-10-18)16-17-8-5-6-12-20(17)23-15-21(27)25-22(28)24-14-19-11-7-13-29-19/h5-8,11-13,18,23H,2-4,9-10,14-16H2,1H3,(H2,24,25,27,28). The molecule has 1 aliphatic rings. The molecule has 0 aliphatic heterocycles. The van der Waals surface area contributed by atoms with Gasteiger partial charge in [0.05, 0.1) is 13.1 Å². The van der Waals surface area contributed by atoms with E-state index in [1.54, 1.807) is 11.3 Å². The summed E-state index contributed by atoms with van der Waals surface area (Å²) in [5, 5.41) is 10.2. The smallest absolute Gasteiger partial charge is 0.321 e. The third-order valence-corrected chi connectivity index (χ3v) is 6.21. The maximum absolute atomic E-state index is 12.1. The molecule has 1 saturated carbocycles. The van der Waals surface area contributed by atoms with Crippen molar-refractivity contribution in [2.75, 3.05) is 18.9 Å². The third kappa shape index (κ3) is 6.87. The molecule has 3 amide bonds. The van der Waals surface area contributed by atoms with Gasteiger partial charge in [-0.15, -0.1) is 11.3 Å². The second-order valence-electron chi connectivity index (χ2n) is 7.53. The highest BCUT2D eigenvalue weighted by Gasteiger charge is 2.19. The number of carbonyl (C=O) groups is 2. The highest BCUT2D eigenvalue weighted by atomic mass is 32.1. The van der Waals surface area contributed by atoms with E-state index in [1.807, 2.05) is 35.7 Å². The molecule has 0 unspecified atom stereocenters. The van der Waals surface area contributed by atoms with E-state index in [2.05, 4.69) is 34.0 Å². The van der Waals surface area contributed by atoms with Gasteiger partial charge in [0.2, 0.25) is 5.91 Å². The zero-order valence-corrected chi connectivity index (χ0v) is 17.8. The van der Waals surface area contributed by atoms with Crippen molar-refractivity contribution >= 4 is 29.0 Å². The van der Waals surface area contributed by atoms with Crippen LogP contribution in [0.5, 0.6) is 0 Å². The maximum Gasteiger partial charge on any atom is 0.321 e. The van der Waals surface area contributed by atoms with E-state index in [4.69, 9.17) is 0 Å². The number of carbonyl (C=O) groups excluding carboxylic acids is 2. The predicted molar refractivity (Wildman–Crippen MR) is 118 cm³/mol. The van der Waals surface area contributed by atoms with Gasteiger partial charge in [-0.25, -0.2) is 4.79 Å². The van der Waals surface area contributed by atoms with Crippen LogP contribution >= 0.6 is 11.3 Å². The van der Waals surface area contributed by atoms with Crippen LogP contribution in [0.25, 0.3) is 0 Å². The van der Waals surface area contributed by atoms with Gasteiger partial charge in [-0.1, -0.05) is 43.5 Å². The van der Waals surface area contributed by atoms with Crippen LogP contribution in [0.2, 0.25) is 0 Å². The van der Waals surface area contributed by atoms with Crippen molar-refractivity contribution in [1.82, 2.24) is 15.5 Å². The van der Waals surface area contributed by atoms with Crippen molar-refractivity contribution in [3.05, 3.63) is 52.2 Å². The van der Waals surface area contributed by atoms with Gasteiger partial charge in [0.25, 0.3) is 0 Å². The lowest BCUT2D eigenvalue weighted by molar-refractivity contribution is -0.118. The van der Waals surface area contributed by atoms with Gasteiger partial charge in [0.1, 0.15) is 0 Å². The first-order chi connectivity index (χ1) is 14.1. The number of hydrogen-bond acceptors (Lipinski definition) is 5. The minimum Gasteiger partial charge on any atom is -0.376 e. The minimum absolute atomic E-state index is 0.0522. The lowest BCUT2D eigenvalue weighted by atomic mass is 9.94. The Morgan fingerprint density at radius 3 is 2.66 bits per heavy atom. The van der Waals surface area contributed by atoms with Crippen LogP contribution < -0.4 is 16.0 Å². The van der Waals surface area contributed by atoms with E-state index in [-0.39, 0.29) is 12.5 Å². The average Bonchev–Trinajstić information content (AvgIpc) is 3.26. The number of nitrogens with zero attached hydrogens (tertiary/aromatic N) is 1. The molecule has 0 spiro atoms. The van der Waals surface area contributed by atoms with Crippen LogP contribution in [-0.4, -0.2) is 36.5 Å². The molecule has 3 rings (SSSR count). The van der Waals surface area contributed by atoms with Crippen molar-refractivity contribution in [1.29, 1.82) is 0 Å². The molecule has 0 bridgehead atoms. The Labute approximate surface area is 176 Å². The molecule has 6 nitrogen and oxygen atoms in total. The Morgan fingerprint density at radius 1 is 1.10 bits per heavy atom. The molecular weight excluding hydrogens is 384 g/mol. The molecule has 7 heteroatoms. The van der Waals surface area contributed by atoms with Crippen LogP contribution in [0.15, 0.2) is 41.8 Å². The van der Waals surface area contributed by atoms with Crippen LogP contribution in [0.1, 0.15) is 42.5 Å². The van der Waals surface area contributed by atoms with Crippen molar-refractivity contribution in [2.45, 2.75) is 51.2 Å². The fourth-order valence-corrected chi connectivity index (χ4v) is 4.37. The number of urea groups is 1. The van der Waals surface area contributed by atoms with Crippen LogP contribution in [-0.2, 0) is 17.9 Å². The second-order valence-corrected chi connectivity index (χ2v) is 8.56. The summed E-state index contributed by atoms with van der Waals surface area (Å²) in [5.74, 6) is -0.357. The third-order valence-electron chi connectivity index (χ3n) is 5.33. The number of benzene rings is 1. The molecule has 0 atom stereocenters. The highest BCUT2D eigenvalue weighted by Crippen LogP contribution is 2.24. The molecule has 2 aromatic rings. The van der Waals surface area contributed by atoms with Gasteiger partial charge in [0, 0.05) is 23.2 Å². The number of para-hydroxylation sites is 1. The fourth-order valence-electron chi connectivity index (χ4n) is 3.72. The van der Waals surface area contributed by atoms with E-state index >= 15 is 0 Å². The Balaban J connectivity index is 1.46. The van der Waals surface area contributed by atoms with E-state index < -0.39 is 6.03 Å². The van der Waals surface area contributed by atoms with Gasteiger partial charge in [-0.05, 0) is 43.0 Å². The highest BCUT2D eigenvalue weighted by molar-refractivity contribution is 7.09. The van der Waals surface area contributed by atoms with Crippen molar-refractivity contribution in [2.24, 2.45) is 0 Å². The van der Waals surface area contributed by atoms with E-state index in [0.717, 1.165) is 22.7 Å². The molecular formula is C22H30N4O2S. The maximum atomic E-state index is 12.1. The number of hydrogen-bond donors (Lipinski definition) is 3. The molecule has 1 heterocycles. The van der Waals surface area contributed by atoms with Crippen molar-refractivity contribution in [3.63, 3.8) is 0 Å². The molecule has 1 aliphatic carbocycles. The lowest BCUT2D eigenvalue weighted by Crippen LogP contribution is -2.41. The van der Waals surface area contributed by atoms with Gasteiger partial charge in [0.15, 0.2) is 0 Å². The first kappa shape index (κ1) is 21.3. The lowest BCUT2D eigenvalue weighted by Gasteiger charge is -2.31. The SMILES string of the molecule is CN(Cc1ccccc1NCC(=O)NC(=O)NCc1cccs1)C1CCCCC1. The van der Waals surface area contributed by atoms with E-state index in [0.29, 0.717) is 12.6 Å². The van der Waals surface area contributed by atoms with Crippen molar-refractivity contribution < 1.29 is 9.59 Å². The number of nitrogens with one attached hydrogen (secondary N) is 3. The van der Waals surface area contributed by atoms with Crippen molar-refractivity contribution in [3.8, 4) is 0 Å². The predicted octanol–water partition coefficient (Wildman–Crippen LogP) is 3.95. The van der Waals surface area contributed by atoms with Gasteiger partial charge in [-0.3, -0.25) is 15.0 Å².